The van der Waals surface area contributed by atoms with Crippen molar-refractivity contribution >= 4 is 0 Å². The molecule has 0 unspecified atom stereocenters. The summed E-state index contributed by atoms with van der Waals surface area (Å²) in [5.41, 5.74) is -1.43. The van der Waals surface area contributed by atoms with E-state index in [0.29, 0.717) is 19.5 Å². The number of aliphatic hydroxyl groups excluding tert-OH is 1. The van der Waals surface area contributed by atoms with Crippen molar-refractivity contribution < 1.29 is 18.3 Å². The molecule has 5 heteroatoms. The van der Waals surface area contributed by atoms with Crippen molar-refractivity contribution in [1.82, 2.24) is 4.90 Å². The summed E-state index contributed by atoms with van der Waals surface area (Å²) in [6.45, 7) is 1.72. The van der Waals surface area contributed by atoms with Crippen LogP contribution in [0.5, 0.6) is 0 Å². The first-order valence-electron chi connectivity index (χ1n) is 6.37. The van der Waals surface area contributed by atoms with Crippen LogP contribution in [0, 0.1) is 11.3 Å². The van der Waals surface area contributed by atoms with Crippen LogP contribution in [0.1, 0.15) is 32.1 Å². The molecule has 0 spiro atoms. The van der Waals surface area contributed by atoms with Crippen molar-refractivity contribution in [2.75, 3.05) is 26.2 Å². The summed E-state index contributed by atoms with van der Waals surface area (Å²) in [4.78, 5) is 1.93. The molecule has 1 saturated carbocycles. The van der Waals surface area contributed by atoms with E-state index in [1.54, 1.807) is 0 Å². The highest BCUT2D eigenvalue weighted by atomic mass is 19.4. The van der Waals surface area contributed by atoms with Gasteiger partial charge in [0, 0.05) is 13.2 Å². The van der Waals surface area contributed by atoms with Gasteiger partial charge in [0.2, 0.25) is 0 Å². The molecule has 1 N–H and O–H groups in total. The maximum Gasteiger partial charge on any atom is 0.395 e. The lowest BCUT2D eigenvalue weighted by Gasteiger charge is -2.47. The van der Waals surface area contributed by atoms with E-state index in [9.17, 15) is 13.2 Å². The molecular weight excluding hydrogens is 231 g/mol. The molecule has 0 radical (unpaired) electrons. The van der Waals surface area contributed by atoms with Gasteiger partial charge in [-0.15, -0.1) is 0 Å². The molecule has 0 bridgehead atoms. The minimum atomic E-state index is -4.06. The lowest BCUT2D eigenvalue weighted by molar-refractivity contribution is -0.256. The number of hydrogen-bond donors (Lipinski definition) is 1. The van der Waals surface area contributed by atoms with E-state index >= 15 is 0 Å². The highest BCUT2D eigenvalue weighted by molar-refractivity contribution is 4.96. The lowest BCUT2D eigenvalue weighted by Crippen LogP contribution is -2.53. The molecule has 100 valence electrons. The molecule has 2 rings (SSSR count). The summed E-state index contributed by atoms with van der Waals surface area (Å²) >= 11 is 0. The molecule has 2 nitrogen and oxygen atoms in total. The molecule has 0 aromatic rings. The Morgan fingerprint density at radius 1 is 1.18 bits per heavy atom. The van der Waals surface area contributed by atoms with Gasteiger partial charge in [-0.25, -0.2) is 0 Å². The molecule has 2 fully saturated rings. The zero-order valence-corrected chi connectivity index (χ0v) is 9.97. The van der Waals surface area contributed by atoms with Gasteiger partial charge in [-0.2, -0.15) is 13.2 Å². The van der Waals surface area contributed by atoms with Crippen LogP contribution in [0.25, 0.3) is 0 Å². The second-order valence-electron chi connectivity index (χ2n) is 5.53. The van der Waals surface area contributed by atoms with Crippen molar-refractivity contribution in [2.45, 2.75) is 38.3 Å². The fourth-order valence-corrected chi connectivity index (χ4v) is 2.89. The molecule has 0 aromatic heterocycles. The van der Waals surface area contributed by atoms with E-state index in [-0.39, 0.29) is 31.9 Å². The lowest BCUT2D eigenvalue weighted by atomic mass is 9.67. The number of likely N-dealkylation sites (tertiary alicyclic amines) is 1. The zero-order chi connectivity index (χ0) is 12.5. The number of nitrogens with zero attached hydrogens (tertiary/aromatic N) is 1. The molecule has 1 aliphatic carbocycles. The molecule has 1 aliphatic heterocycles. The highest BCUT2D eigenvalue weighted by Gasteiger charge is 2.58. The SMILES string of the molecule is OCC1CCN(CC2(C(F)(F)F)CCC2)CC1. The van der Waals surface area contributed by atoms with E-state index in [1.807, 2.05) is 4.90 Å². The Morgan fingerprint density at radius 2 is 1.76 bits per heavy atom. The van der Waals surface area contributed by atoms with Crippen LogP contribution in [0.15, 0.2) is 0 Å². The Balaban J connectivity index is 1.88. The second-order valence-corrected chi connectivity index (χ2v) is 5.53. The van der Waals surface area contributed by atoms with Crippen LogP contribution in [0.2, 0.25) is 0 Å². The van der Waals surface area contributed by atoms with E-state index in [4.69, 9.17) is 5.11 Å². The summed E-state index contributed by atoms with van der Waals surface area (Å²) in [5, 5.41) is 9.00. The standard InChI is InChI=1S/C12H20F3NO/c13-12(14,15)11(4-1-5-11)9-16-6-2-10(8-17)3-7-16/h10,17H,1-9H2. The van der Waals surface area contributed by atoms with E-state index in [0.717, 1.165) is 12.8 Å². The summed E-state index contributed by atoms with van der Waals surface area (Å²) in [6.07, 6.45) is -1.13. The molecule has 1 heterocycles. The summed E-state index contributed by atoms with van der Waals surface area (Å²) < 4.78 is 39.0. The Labute approximate surface area is 99.8 Å². The van der Waals surface area contributed by atoms with Gasteiger partial charge in [0.05, 0.1) is 5.41 Å². The van der Waals surface area contributed by atoms with Gasteiger partial charge in [0.15, 0.2) is 0 Å². The van der Waals surface area contributed by atoms with Gasteiger partial charge in [-0.1, -0.05) is 6.42 Å². The average molecular weight is 251 g/mol. The zero-order valence-electron chi connectivity index (χ0n) is 9.97. The van der Waals surface area contributed by atoms with Gasteiger partial charge in [-0.05, 0) is 44.7 Å². The summed E-state index contributed by atoms with van der Waals surface area (Å²) in [6, 6.07) is 0. The molecule has 17 heavy (non-hydrogen) atoms. The number of piperidine rings is 1. The van der Waals surface area contributed by atoms with Crippen LogP contribution in [0.4, 0.5) is 13.2 Å². The van der Waals surface area contributed by atoms with Crippen molar-refractivity contribution in [3.05, 3.63) is 0 Å². The molecule has 0 atom stereocenters. The van der Waals surface area contributed by atoms with Gasteiger partial charge < -0.3 is 10.0 Å². The monoisotopic (exact) mass is 251 g/mol. The molecule has 1 saturated heterocycles. The minimum Gasteiger partial charge on any atom is -0.396 e. The maximum atomic E-state index is 13.0. The fraction of sp³-hybridized carbons (Fsp3) is 1.00. The first kappa shape index (κ1) is 13.1. The summed E-state index contributed by atoms with van der Waals surface area (Å²) in [5.74, 6) is 0.287. The number of alkyl halides is 3. The van der Waals surface area contributed by atoms with Gasteiger partial charge in [0.25, 0.3) is 0 Å². The van der Waals surface area contributed by atoms with Gasteiger partial charge in [-0.3, -0.25) is 0 Å². The molecule has 2 aliphatic rings. The van der Waals surface area contributed by atoms with E-state index < -0.39 is 11.6 Å². The molecule has 0 aromatic carbocycles. The third-order valence-electron chi connectivity index (χ3n) is 4.40. The van der Waals surface area contributed by atoms with Crippen molar-refractivity contribution in [2.24, 2.45) is 11.3 Å². The number of hydrogen-bond acceptors (Lipinski definition) is 2. The Kier molecular flexibility index (Phi) is 3.69. The van der Waals surface area contributed by atoms with Crippen molar-refractivity contribution in [1.29, 1.82) is 0 Å². The van der Waals surface area contributed by atoms with Crippen LogP contribution in [-0.2, 0) is 0 Å². The maximum absolute atomic E-state index is 13.0. The predicted octanol–water partition coefficient (Wildman–Crippen LogP) is 2.42. The largest absolute Gasteiger partial charge is 0.396 e. The fourth-order valence-electron chi connectivity index (χ4n) is 2.89. The van der Waals surface area contributed by atoms with E-state index in [1.165, 1.54) is 0 Å². The van der Waals surface area contributed by atoms with Crippen LogP contribution in [0.3, 0.4) is 0 Å². The van der Waals surface area contributed by atoms with Crippen LogP contribution < -0.4 is 0 Å². The van der Waals surface area contributed by atoms with Gasteiger partial charge >= 0.3 is 6.18 Å². The third-order valence-corrected chi connectivity index (χ3v) is 4.40. The minimum absolute atomic E-state index is 0.161. The van der Waals surface area contributed by atoms with Crippen molar-refractivity contribution in [3.63, 3.8) is 0 Å². The highest BCUT2D eigenvalue weighted by Crippen LogP contribution is 2.53. The Hall–Kier alpha value is -0.290. The quantitative estimate of drug-likeness (QED) is 0.832. The Bertz CT molecular complexity index is 255. The van der Waals surface area contributed by atoms with Gasteiger partial charge in [0.1, 0.15) is 0 Å². The third kappa shape index (κ3) is 2.60. The topological polar surface area (TPSA) is 23.5 Å². The summed E-state index contributed by atoms with van der Waals surface area (Å²) in [7, 11) is 0. The molecular formula is C12H20F3NO. The average Bonchev–Trinajstić information content (AvgIpc) is 2.22. The normalized spacial score (nSPS) is 26.8. The Morgan fingerprint density at radius 3 is 2.12 bits per heavy atom. The first-order valence-corrected chi connectivity index (χ1v) is 6.37. The van der Waals surface area contributed by atoms with Crippen LogP contribution >= 0.6 is 0 Å². The number of halogens is 3. The number of aliphatic hydroxyl groups is 1. The van der Waals surface area contributed by atoms with Crippen LogP contribution in [-0.4, -0.2) is 42.4 Å². The first-order chi connectivity index (χ1) is 7.97. The smallest absolute Gasteiger partial charge is 0.395 e. The van der Waals surface area contributed by atoms with E-state index in [2.05, 4.69) is 0 Å². The predicted molar refractivity (Wildman–Crippen MR) is 58.6 cm³/mol. The molecule has 0 amide bonds. The second kappa shape index (κ2) is 4.76. The number of rotatable bonds is 3. The van der Waals surface area contributed by atoms with Crippen molar-refractivity contribution in [3.8, 4) is 0 Å².